The standard InChI is InChI=1S/C15H22N2O3/c18-15(4-5-16-10-15)11-17-9-12-2-3-13-14(8-12)20-7-1-6-19-13/h2-3,8,16-18H,1,4-7,9-11H2/t15-/m0/s1. The molecule has 2 aliphatic heterocycles. The summed E-state index contributed by atoms with van der Waals surface area (Å²) < 4.78 is 11.3. The maximum atomic E-state index is 10.2. The van der Waals surface area contributed by atoms with E-state index < -0.39 is 5.60 Å². The Morgan fingerprint density at radius 1 is 1.25 bits per heavy atom. The molecule has 0 aromatic heterocycles. The molecule has 5 heteroatoms. The van der Waals surface area contributed by atoms with Crippen LogP contribution < -0.4 is 20.1 Å². The number of β-amino-alcohol motifs (C(OH)–C–C–N with tert-alkyl or cyclic N) is 1. The molecule has 110 valence electrons. The van der Waals surface area contributed by atoms with Gasteiger partial charge in [0.25, 0.3) is 0 Å². The predicted octanol–water partition coefficient (Wildman–Crippen LogP) is 0.662. The van der Waals surface area contributed by atoms with Gasteiger partial charge >= 0.3 is 0 Å². The van der Waals surface area contributed by atoms with Gasteiger partial charge in [0.2, 0.25) is 0 Å². The molecular weight excluding hydrogens is 256 g/mol. The number of ether oxygens (including phenoxy) is 2. The Morgan fingerprint density at radius 2 is 2.10 bits per heavy atom. The molecule has 1 atom stereocenters. The van der Waals surface area contributed by atoms with Gasteiger partial charge in [0.15, 0.2) is 11.5 Å². The van der Waals surface area contributed by atoms with E-state index in [1.165, 1.54) is 0 Å². The van der Waals surface area contributed by atoms with Crippen LogP contribution in [0.4, 0.5) is 0 Å². The van der Waals surface area contributed by atoms with Gasteiger partial charge < -0.3 is 25.2 Å². The number of hydrogen-bond acceptors (Lipinski definition) is 5. The summed E-state index contributed by atoms with van der Waals surface area (Å²) in [6.45, 7) is 4.30. The Labute approximate surface area is 119 Å². The van der Waals surface area contributed by atoms with Crippen molar-refractivity contribution in [1.82, 2.24) is 10.6 Å². The highest BCUT2D eigenvalue weighted by Gasteiger charge is 2.30. The van der Waals surface area contributed by atoms with Crippen LogP contribution in [0, 0.1) is 0 Å². The molecule has 0 spiro atoms. The van der Waals surface area contributed by atoms with Crippen LogP contribution in [-0.4, -0.2) is 43.6 Å². The SMILES string of the molecule is O[C@@]1(CNCc2ccc3c(c2)OCCCO3)CCNC1. The third-order valence-corrected chi connectivity index (χ3v) is 3.82. The van der Waals surface area contributed by atoms with Crippen molar-refractivity contribution < 1.29 is 14.6 Å². The summed E-state index contributed by atoms with van der Waals surface area (Å²) >= 11 is 0. The highest BCUT2D eigenvalue weighted by molar-refractivity contribution is 5.43. The van der Waals surface area contributed by atoms with Crippen molar-refractivity contribution in [1.29, 1.82) is 0 Å². The topological polar surface area (TPSA) is 62.8 Å². The van der Waals surface area contributed by atoms with Gasteiger partial charge in [-0.25, -0.2) is 0 Å². The molecule has 0 saturated carbocycles. The van der Waals surface area contributed by atoms with Crippen LogP contribution >= 0.6 is 0 Å². The number of nitrogens with one attached hydrogen (secondary N) is 2. The minimum absolute atomic E-state index is 0.606. The van der Waals surface area contributed by atoms with Gasteiger partial charge in [-0.3, -0.25) is 0 Å². The van der Waals surface area contributed by atoms with Crippen LogP contribution in [0.15, 0.2) is 18.2 Å². The van der Waals surface area contributed by atoms with Crippen LogP contribution in [0.3, 0.4) is 0 Å². The van der Waals surface area contributed by atoms with Crippen molar-refractivity contribution in [2.75, 3.05) is 32.8 Å². The summed E-state index contributed by atoms with van der Waals surface area (Å²) in [5, 5.41) is 16.7. The molecule has 3 rings (SSSR count). The van der Waals surface area contributed by atoms with Gasteiger partial charge in [0, 0.05) is 26.1 Å². The fourth-order valence-electron chi connectivity index (χ4n) is 2.64. The van der Waals surface area contributed by atoms with Crippen LogP contribution in [0.2, 0.25) is 0 Å². The highest BCUT2D eigenvalue weighted by Crippen LogP contribution is 2.30. The number of rotatable bonds is 4. The average molecular weight is 278 g/mol. The monoisotopic (exact) mass is 278 g/mol. The molecular formula is C15H22N2O3. The van der Waals surface area contributed by atoms with Gasteiger partial charge in [-0.2, -0.15) is 0 Å². The van der Waals surface area contributed by atoms with Crippen LogP contribution in [0.1, 0.15) is 18.4 Å². The second-order valence-electron chi connectivity index (χ2n) is 5.59. The summed E-state index contributed by atoms with van der Waals surface area (Å²) in [7, 11) is 0. The molecule has 1 fully saturated rings. The van der Waals surface area contributed by atoms with Crippen molar-refractivity contribution >= 4 is 0 Å². The summed E-state index contributed by atoms with van der Waals surface area (Å²) in [6, 6.07) is 6.02. The van der Waals surface area contributed by atoms with Crippen LogP contribution in [-0.2, 0) is 6.54 Å². The Kier molecular flexibility index (Phi) is 4.10. The Bertz CT molecular complexity index is 458. The molecule has 20 heavy (non-hydrogen) atoms. The Balaban J connectivity index is 1.56. The Morgan fingerprint density at radius 3 is 2.90 bits per heavy atom. The summed E-state index contributed by atoms with van der Waals surface area (Å²) in [6.07, 6.45) is 1.73. The molecule has 0 radical (unpaired) electrons. The first-order valence-electron chi connectivity index (χ1n) is 7.28. The summed E-state index contributed by atoms with van der Waals surface area (Å²) in [4.78, 5) is 0. The molecule has 2 heterocycles. The zero-order valence-corrected chi connectivity index (χ0v) is 11.7. The van der Waals surface area contributed by atoms with Crippen molar-refractivity contribution in [2.24, 2.45) is 0 Å². The van der Waals surface area contributed by atoms with Gasteiger partial charge in [-0.15, -0.1) is 0 Å². The second kappa shape index (κ2) is 5.99. The van der Waals surface area contributed by atoms with Gasteiger partial charge in [-0.05, 0) is 30.7 Å². The lowest BCUT2D eigenvalue weighted by atomic mass is 10.0. The van der Waals surface area contributed by atoms with Gasteiger partial charge in [0.05, 0.1) is 18.8 Å². The van der Waals surface area contributed by atoms with E-state index in [2.05, 4.69) is 10.6 Å². The van der Waals surface area contributed by atoms with Crippen molar-refractivity contribution in [3.63, 3.8) is 0 Å². The Hall–Kier alpha value is -1.30. The van der Waals surface area contributed by atoms with E-state index in [1.807, 2.05) is 18.2 Å². The molecule has 1 aromatic carbocycles. The van der Waals surface area contributed by atoms with Crippen molar-refractivity contribution in [3.05, 3.63) is 23.8 Å². The third-order valence-electron chi connectivity index (χ3n) is 3.82. The van der Waals surface area contributed by atoms with Gasteiger partial charge in [-0.1, -0.05) is 6.07 Å². The van der Waals surface area contributed by atoms with Crippen LogP contribution in [0.25, 0.3) is 0 Å². The minimum atomic E-state index is -0.606. The fraction of sp³-hybridized carbons (Fsp3) is 0.600. The largest absolute Gasteiger partial charge is 0.490 e. The summed E-state index contributed by atoms with van der Waals surface area (Å²) in [5.41, 5.74) is 0.537. The molecule has 1 aromatic rings. The van der Waals surface area contributed by atoms with E-state index in [4.69, 9.17) is 9.47 Å². The number of benzene rings is 1. The van der Waals surface area contributed by atoms with E-state index in [9.17, 15) is 5.11 Å². The molecule has 1 saturated heterocycles. The van der Waals surface area contributed by atoms with Crippen molar-refractivity contribution in [2.45, 2.75) is 25.0 Å². The summed E-state index contributed by atoms with van der Waals surface area (Å²) in [5.74, 6) is 1.65. The lowest BCUT2D eigenvalue weighted by molar-refractivity contribution is 0.0609. The zero-order valence-electron chi connectivity index (χ0n) is 11.7. The van der Waals surface area contributed by atoms with Gasteiger partial charge in [0.1, 0.15) is 0 Å². The lowest BCUT2D eigenvalue weighted by Crippen LogP contribution is -2.42. The zero-order chi connectivity index (χ0) is 13.8. The first-order valence-corrected chi connectivity index (χ1v) is 7.28. The molecule has 0 bridgehead atoms. The normalized spacial score (nSPS) is 25.4. The molecule has 0 aliphatic carbocycles. The quantitative estimate of drug-likeness (QED) is 0.755. The van der Waals surface area contributed by atoms with Crippen molar-refractivity contribution in [3.8, 4) is 11.5 Å². The third kappa shape index (κ3) is 3.23. The fourth-order valence-corrected chi connectivity index (χ4v) is 2.64. The molecule has 0 unspecified atom stereocenters. The molecule has 0 amide bonds. The van der Waals surface area contributed by atoms with E-state index >= 15 is 0 Å². The van der Waals surface area contributed by atoms with E-state index in [0.717, 1.165) is 43.0 Å². The van der Waals surface area contributed by atoms with E-state index in [0.29, 0.717) is 26.3 Å². The highest BCUT2D eigenvalue weighted by atomic mass is 16.5. The number of aliphatic hydroxyl groups is 1. The number of fused-ring (bicyclic) bond motifs is 1. The molecule has 5 nitrogen and oxygen atoms in total. The molecule has 3 N–H and O–H groups in total. The average Bonchev–Trinajstić information content (AvgIpc) is 2.74. The minimum Gasteiger partial charge on any atom is -0.490 e. The first kappa shape index (κ1) is 13.7. The lowest BCUT2D eigenvalue weighted by Gasteiger charge is -2.21. The maximum Gasteiger partial charge on any atom is 0.161 e. The second-order valence-corrected chi connectivity index (χ2v) is 5.59. The van der Waals surface area contributed by atoms with E-state index in [1.54, 1.807) is 0 Å². The predicted molar refractivity (Wildman–Crippen MR) is 76.2 cm³/mol. The molecule has 2 aliphatic rings. The number of hydrogen-bond donors (Lipinski definition) is 3. The van der Waals surface area contributed by atoms with E-state index in [-0.39, 0.29) is 0 Å². The first-order chi connectivity index (χ1) is 9.75. The smallest absolute Gasteiger partial charge is 0.161 e. The van der Waals surface area contributed by atoms with Crippen LogP contribution in [0.5, 0.6) is 11.5 Å². The maximum absolute atomic E-state index is 10.2.